The number of primary sulfonamides is 1. The monoisotopic (exact) mass is 401 g/mol. The predicted octanol–water partition coefficient (Wildman–Crippen LogP) is 2.33. The van der Waals surface area contributed by atoms with Gasteiger partial charge in [0.25, 0.3) is 5.91 Å². The van der Waals surface area contributed by atoms with Crippen LogP contribution in [0.5, 0.6) is 0 Å². The first-order valence-electron chi connectivity index (χ1n) is 8.97. The number of anilines is 1. The van der Waals surface area contributed by atoms with Crippen molar-refractivity contribution in [2.75, 3.05) is 11.9 Å². The van der Waals surface area contributed by atoms with E-state index in [9.17, 15) is 18.0 Å². The van der Waals surface area contributed by atoms with Gasteiger partial charge in [0.15, 0.2) is 0 Å². The van der Waals surface area contributed by atoms with Crippen LogP contribution in [0.1, 0.15) is 39.9 Å². The Morgan fingerprint density at radius 2 is 1.96 bits per heavy atom. The molecule has 0 saturated carbocycles. The van der Waals surface area contributed by atoms with Crippen molar-refractivity contribution in [1.29, 1.82) is 0 Å². The second-order valence-corrected chi connectivity index (χ2v) is 8.59. The first kappa shape index (κ1) is 20.0. The molecular weight excluding hydrogens is 378 g/mol. The van der Waals surface area contributed by atoms with Crippen LogP contribution < -0.4 is 10.5 Å². The van der Waals surface area contributed by atoms with E-state index in [2.05, 4.69) is 5.32 Å². The molecule has 28 heavy (non-hydrogen) atoms. The number of nitrogens with one attached hydrogen (secondary N) is 1. The number of nitrogens with two attached hydrogens (primary N) is 1. The summed E-state index contributed by atoms with van der Waals surface area (Å²) in [5.41, 5.74) is 3.17. The van der Waals surface area contributed by atoms with Crippen molar-refractivity contribution in [3.8, 4) is 0 Å². The molecule has 1 heterocycles. The Kier molecular flexibility index (Phi) is 5.53. The van der Waals surface area contributed by atoms with Gasteiger partial charge in [-0.15, -0.1) is 0 Å². The summed E-state index contributed by atoms with van der Waals surface area (Å²) >= 11 is 0. The van der Waals surface area contributed by atoms with E-state index in [1.807, 2.05) is 6.07 Å². The van der Waals surface area contributed by atoms with Gasteiger partial charge in [-0.2, -0.15) is 0 Å². The number of rotatable bonds is 5. The normalized spacial score (nSPS) is 14.4. The lowest BCUT2D eigenvalue weighted by molar-refractivity contribution is -0.128. The molecule has 0 spiro atoms. The van der Waals surface area contributed by atoms with Crippen molar-refractivity contribution in [1.82, 2.24) is 4.90 Å². The zero-order valence-corrected chi connectivity index (χ0v) is 16.7. The first-order chi connectivity index (χ1) is 13.1. The lowest BCUT2D eigenvalue weighted by atomic mass is 10.1. The minimum atomic E-state index is -3.88. The summed E-state index contributed by atoms with van der Waals surface area (Å²) in [5.74, 6) is -0.232. The fourth-order valence-corrected chi connectivity index (χ4v) is 3.84. The molecular formula is C20H23N3O4S. The van der Waals surface area contributed by atoms with E-state index in [-0.39, 0.29) is 16.7 Å². The molecule has 0 bridgehead atoms. The molecule has 8 heteroatoms. The molecule has 0 radical (unpaired) electrons. The average molecular weight is 401 g/mol. The lowest BCUT2D eigenvalue weighted by Gasteiger charge is -2.16. The summed E-state index contributed by atoms with van der Waals surface area (Å²) in [7, 11) is -3.88. The van der Waals surface area contributed by atoms with Gasteiger partial charge in [-0.1, -0.05) is 12.1 Å². The molecule has 148 valence electrons. The van der Waals surface area contributed by atoms with Gasteiger partial charge in [-0.05, 0) is 61.2 Å². The maximum atomic E-state index is 12.7. The van der Waals surface area contributed by atoms with Crippen LogP contribution in [0.25, 0.3) is 0 Å². The smallest absolute Gasteiger partial charge is 0.255 e. The third-order valence-electron chi connectivity index (χ3n) is 4.95. The number of nitrogens with zero attached hydrogens (tertiary/aromatic N) is 1. The van der Waals surface area contributed by atoms with Gasteiger partial charge in [-0.3, -0.25) is 9.59 Å². The standard InChI is InChI=1S/C20H23N3O4S/c1-13-9-17(28(21,26)27)11-18(14(13)2)22-20(25)16-6-3-5-15(10-16)12-23-8-4-7-19(23)24/h3,5-6,9-11H,4,7-8,12H2,1-2H3,(H,22,25)(H2,21,26,27). The average Bonchev–Trinajstić information content (AvgIpc) is 3.02. The van der Waals surface area contributed by atoms with Gasteiger partial charge in [0.1, 0.15) is 0 Å². The van der Waals surface area contributed by atoms with Crippen molar-refractivity contribution in [2.45, 2.75) is 38.1 Å². The molecule has 2 amide bonds. The fraction of sp³-hybridized carbons (Fsp3) is 0.300. The first-order valence-corrected chi connectivity index (χ1v) is 10.5. The Labute approximate surface area is 164 Å². The van der Waals surface area contributed by atoms with Gasteiger partial charge < -0.3 is 10.2 Å². The molecule has 0 aromatic heterocycles. The van der Waals surface area contributed by atoms with Gasteiger partial charge in [0.2, 0.25) is 15.9 Å². The van der Waals surface area contributed by atoms with E-state index >= 15 is 0 Å². The van der Waals surface area contributed by atoms with Crippen LogP contribution in [-0.4, -0.2) is 31.7 Å². The number of hydrogen-bond donors (Lipinski definition) is 2. The molecule has 7 nitrogen and oxygen atoms in total. The highest BCUT2D eigenvalue weighted by atomic mass is 32.2. The third kappa shape index (κ3) is 4.40. The lowest BCUT2D eigenvalue weighted by Crippen LogP contribution is -2.24. The van der Waals surface area contributed by atoms with Crippen molar-refractivity contribution >= 4 is 27.5 Å². The van der Waals surface area contributed by atoms with Gasteiger partial charge in [0.05, 0.1) is 4.90 Å². The van der Waals surface area contributed by atoms with Crippen LogP contribution >= 0.6 is 0 Å². The molecule has 3 N–H and O–H groups in total. The van der Waals surface area contributed by atoms with Gasteiger partial charge in [-0.25, -0.2) is 13.6 Å². The molecule has 2 aromatic rings. The summed E-state index contributed by atoms with van der Waals surface area (Å²) in [6, 6.07) is 9.91. The summed E-state index contributed by atoms with van der Waals surface area (Å²) in [6.07, 6.45) is 1.43. The molecule has 2 aromatic carbocycles. The summed E-state index contributed by atoms with van der Waals surface area (Å²) in [6.45, 7) is 4.76. The van der Waals surface area contributed by atoms with Crippen molar-refractivity contribution in [2.24, 2.45) is 5.14 Å². The molecule has 1 aliphatic rings. The zero-order valence-electron chi connectivity index (χ0n) is 15.9. The molecule has 0 aliphatic carbocycles. The van der Waals surface area contributed by atoms with Crippen LogP contribution in [0.4, 0.5) is 5.69 Å². The van der Waals surface area contributed by atoms with Crippen LogP contribution in [0.3, 0.4) is 0 Å². The number of carbonyl (C=O) groups is 2. The molecule has 0 atom stereocenters. The Balaban J connectivity index is 1.83. The van der Waals surface area contributed by atoms with E-state index < -0.39 is 10.0 Å². The van der Waals surface area contributed by atoms with E-state index in [1.165, 1.54) is 12.1 Å². The minimum absolute atomic E-state index is 0.0489. The number of amides is 2. The minimum Gasteiger partial charge on any atom is -0.338 e. The fourth-order valence-electron chi connectivity index (χ4n) is 3.22. The van der Waals surface area contributed by atoms with Crippen molar-refractivity contribution in [3.63, 3.8) is 0 Å². The van der Waals surface area contributed by atoms with Crippen LogP contribution in [0, 0.1) is 13.8 Å². The molecule has 1 aliphatic heterocycles. The van der Waals surface area contributed by atoms with Crippen molar-refractivity contribution < 1.29 is 18.0 Å². The Hall–Kier alpha value is -2.71. The highest BCUT2D eigenvalue weighted by molar-refractivity contribution is 7.89. The number of sulfonamides is 1. The number of aryl methyl sites for hydroxylation is 1. The number of hydrogen-bond acceptors (Lipinski definition) is 4. The SMILES string of the molecule is Cc1cc(S(N)(=O)=O)cc(NC(=O)c2cccc(CN3CCCC3=O)c2)c1C. The van der Waals surface area contributed by atoms with Crippen LogP contribution in [0.15, 0.2) is 41.3 Å². The second-order valence-electron chi connectivity index (χ2n) is 7.03. The molecule has 1 fully saturated rings. The van der Waals surface area contributed by atoms with Crippen LogP contribution in [-0.2, 0) is 21.4 Å². The zero-order chi connectivity index (χ0) is 20.5. The highest BCUT2D eigenvalue weighted by Crippen LogP contribution is 2.24. The maximum absolute atomic E-state index is 12.7. The summed E-state index contributed by atoms with van der Waals surface area (Å²) in [5, 5.41) is 7.99. The quantitative estimate of drug-likeness (QED) is 0.801. The maximum Gasteiger partial charge on any atom is 0.255 e. The molecule has 0 unspecified atom stereocenters. The molecule has 3 rings (SSSR count). The predicted molar refractivity (Wildman–Crippen MR) is 106 cm³/mol. The van der Waals surface area contributed by atoms with E-state index in [4.69, 9.17) is 5.14 Å². The number of benzene rings is 2. The Bertz CT molecular complexity index is 1050. The second kappa shape index (κ2) is 7.73. The summed E-state index contributed by atoms with van der Waals surface area (Å²) < 4.78 is 23.3. The van der Waals surface area contributed by atoms with Gasteiger partial charge >= 0.3 is 0 Å². The number of likely N-dealkylation sites (tertiary alicyclic amines) is 1. The Morgan fingerprint density at radius 1 is 1.21 bits per heavy atom. The van der Waals surface area contributed by atoms with E-state index in [1.54, 1.807) is 36.9 Å². The van der Waals surface area contributed by atoms with Gasteiger partial charge in [0, 0.05) is 30.8 Å². The number of carbonyl (C=O) groups excluding carboxylic acids is 2. The highest BCUT2D eigenvalue weighted by Gasteiger charge is 2.20. The largest absolute Gasteiger partial charge is 0.338 e. The third-order valence-corrected chi connectivity index (χ3v) is 5.84. The van der Waals surface area contributed by atoms with E-state index in [0.717, 1.165) is 24.1 Å². The van der Waals surface area contributed by atoms with E-state index in [0.29, 0.717) is 29.8 Å². The topological polar surface area (TPSA) is 110 Å². The molecule has 1 saturated heterocycles. The Morgan fingerprint density at radius 3 is 2.61 bits per heavy atom. The summed E-state index contributed by atoms with van der Waals surface area (Å²) in [4.78, 5) is 26.3. The van der Waals surface area contributed by atoms with Crippen molar-refractivity contribution in [3.05, 3.63) is 58.7 Å². The van der Waals surface area contributed by atoms with Crippen LogP contribution in [0.2, 0.25) is 0 Å².